The highest BCUT2D eigenvalue weighted by atomic mass is 32.2. The Morgan fingerprint density at radius 1 is 1.04 bits per heavy atom. The molecule has 0 amide bonds. The fraction of sp³-hybridized carbons (Fsp3) is 0.294. The van der Waals surface area contributed by atoms with Gasteiger partial charge in [-0.3, -0.25) is 0 Å². The van der Waals surface area contributed by atoms with Crippen molar-refractivity contribution in [3.05, 3.63) is 59.7 Å². The van der Waals surface area contributed by atoms with Crippen LogP contribution in [-0.4, -0.2) is 28.7 Å². The molecule has 0 heterocycles. The van der Waals surface area contributed by atoms with E-state index < -0.39 is 16.6 Å². The first-order chi connectivity index (χ1) is 11.9. The molecular weight excluding hydrogens is 352 g/mol. The third kappa shape index (κ3) is 6.32. The van der Waals surface area contributed by atoms with Gasteiger partial charge in [-0.1, -0.05) is 36.4 Å². The van der Waals surface area contributed by atoms with Crippen molar-refractivity contribution >= 4 is 10.0 Å². The fourth-order valence-corrected chi connectivity index (χ4v) is 3.40. The van der Waals surface area contributed by atoms with Gasteiger partial charge < -0.3 is 9.47 Å². The third-order valence-electron chi connectivity index (χ3n) is 3.38. The second-order valence-corrected chi connectivity index (χ2v) is 7.06. The summed E-state index contributed by atoms with van der Waals surface area (Å²) >= 11 is 0. The van der Waals surface area contributed by atoms with Crippen molar-refractivity contribution in [2.45, 2.75) is 18.8 Å². The number of rotatable bonds is 9. The highest BCUT2D eigenvalue weighted by Crippen LogP contribution is 2.29. The van der Waals surface area contributed by atoms with E-state index in [1.165, 1.54) is 13.2 Å². The summed E-state index contributed by atoms with van der Waals surface area (Å²) in [6.07, 6.45) is 0.388. The molecule has 0 aliphatic heterocycles. The molecule has 2 aromatic carbocycles. The molecule has 0 atom stereocenters. The number of hydrogen-bond donors (Lipinski definition) is 1. The van der Waals surface area contributed by atoms with Crippen molar-refractivity contribution in [1.29, 1.82) is 0 Å². The Kier molecular flexibility index (Phi) is 6.72. The van der Waals surface area contributed by atoms with Gasteiger partial charge in [-0.15, -0.1) is 0 Å². The van der Waals surface area contributed by atoms with Crippen LogP contribution in [0.5, 0.6) is 11.5 Å². The number of alkyl halides is 2. The maximum atomic E-state index is 12.3. The minimum Gasteiger partial charge on any atom is -0.493 e. The van der Waals surface area contributed by atoms with Crippen LogP contribution in [0.4, 0.5) is 8.78 Å². The van der Waals surface area contributed by atoms with Gasteiger partial charge in [0.25, 0.3) is 0 Å². The van der Waals surface area contributed by atoms with Gasteiger partial charge in [0.1, 0.15) is 0 Å². The van der Waals surface area contributed by atoms with Crippen LogP contribution in [0.15, 0.2) is 48.5 Å². The molecule has 0 saturated carbocycles. The van der Waals surface area contributed by atoms with E-state index in [-0.39, 0.29) is 23.8 Å². The summed E-state index contributed by atoms with van der Waals surface area (Å²) in [6.45, 7) is -2.75. The van der Waals surface area contributed by atoms with Gasteiger partial charge in [-0.2, -0.15) is 8.78 Å². The first-order valence-electron chi connectivity index (χ1n) is 7.52. The zero-order chi connectivity index (χ0) is 18.3. The number of sulfonamides is 1. The Morgan fingerprint density at radius 2 is 1.76 bits per heavy atom. The number of nitrogens with one attached hydrogen (secondary N) is 1. The standard InChI is InChI=1S/C17H19F2NO4S/c1-23-16-11-13(7-8-15(16)24-17(18)19)9-10-20-25(21,22)12-14-5-3-2-4-6-14/h2-8,11,17,20H,9-10,12H2,1H3. The van der Waals surface area contributed by atoms with Crippen molar-refractivity contribution in [2.24, 2.45) is 0 Å². The Labute approximate surface area is 145 Å². The molecule has 0 fully saturated rings. The monoisotopic (exact) mass is 371 g/mol. The van der Waals surface area contributed by atoms with Crippen LogP contribution in [0.3, 0.4) is 0 Å². The minimum atomic E-state index is -3.45. The Bertz CT molecular complexity index is 782. The molecule has 0 unspecified atom stereocenters. The lowest BCUT2D eigenvalue weighted by atomic mass is 10.1. The lowest BCUT2D eigenvalue weighted by molar-refractivity contribution is -0.0512. The van der Waals surface area contributed by atoms with Crippen LogP contribution in [0, 0.1) is 0 Å². The van der Waals surface area contributed by atoms with Crippen LogP contribution in [0.1, 0.15) is 11.1 Å². The Morgan fingerprint density at radius 3 is 2.40 bits per heavy atom. The number of methoxy groups -OCH3 is 1. The predicted octanol–water partition coefficient (Wildman–Crippen LogP) is 2.96. The SMILES string of the molecule is COc1cc(CCNS(=O)(=O)Cc2ccccc2)ccc1OC(F)F. The fourth-order valence-electron chi connectivity index (χ4n) is 2.26. The first kappa shape index (κ1) is 19.1. The van der Waals surface area contributed by atoms with E-state index in [0.29, 0.717) is 12.0 Å². The zero-order valence-electron chi connectivity index (χ0n) is 13.6. The van der Waals surface area contributed by atoms with Crippen LogP contribution < -0.4 is 14.2 Å². The summed E-state index contributed by atoms with van der Waals surface area (Å²) in [6, 6.07) is 13.4. The van der Waals surface area contributed by atoms with Gasteiger partial charge in [0.05, 0.1) is 12.9 Å². The molecule has 0 radical (unpaired) electrons. The molecule has 8 heteroatoms. The van der Waals surface area contributed by atoms with Crippen LogP contribution >= 0.6 is 0 Å². The predicted molar refractivity (Wildman–Crippen MR) is 90.4 cm³/mol. The highest BCUT2D eigenvalue weighted by Gasteiger charge is 2.13. The number of hydrogen-bond acceptors (Lipinski definition) is 4. The molecule has 0 aliphatic carbocycles. The first-order valence-corrected chi connectivity index (χ1v) is 9.18. The Hall–Kier alpha value is -2.19. The molecule has 2 rings (SSSR count). The van der Waals surface area contributed by atoms with E-state index in [9.17, 15) is 17.2 Å². The van der Waals surface area contributed by atoms with Crippen molar-refractivity contribution in [3.63, 3.8) is 0 Å². The second kappa shape index (κ2) is 8.77. The van der Waals surface area contributed by atoms with Gasteiger partial charge in [0.2, 0.25) is 10.0 Å². The van der Waals surface area contributed by atoms with Crippen LogP contribution in [0.25, 0.3) is 0 Å². The van der Waals surface area contributed by atoms with Crippen LogP contribution in [0.2, 0.25) is 0 Å². The molecule has 1 N–H and O–H groups in total. The topological polar surface area (TPSA) is 64.6 Å². The summed E-state index contributed by atoms with van der Waals surface area (Å²) in [4.78, 5) is 0. The smallest absolute Gasteiger partial charge is 0.387 e. The summed E-state index contributed by atoms with van der Waals surface area (Å²) in [5, 5.41) is 0. The van der Waals surface area contributed by atoms with E-state index in [2.05, 4.69) is 9.46 Å². The quantitative estimate of drug-likeness (QED) is 0.736. The number of halogens is 2. The largest absolute Gasteiger partial charge is 0.493 e. The molecule has 0 bridgehead atoms. The van der Waals surface area contributed by atoms with Gasteiger partial charge in [0.15, 0.2) is 11.5 Å². The summed E-state index contributed by atoms with van der Waals surface area (Å²) < 4.78 is 60.6. The molecule has 0 aliphatic rings. The van der Waals surface area contributed by atoms with E-state index in [1.807, 2.05) is 6.07 Å². The molecule has 0 aromatic heterocycles. The van der Waals surface area contributed by atoms with Crippen molar-refractivity contribution in [3.8, 4) is 11.5 Å². The molecule has 136 valence electrons. The maximum absolute atomic E-state index is 12.3. The third-order valence-corrected chi connectivity index (χ3v) is 4.74. The summed E-state index contributed by atoms with van der Waals surface area (Å²) in [5.74, 6) is 0.00839. The normalized spacial score (nSPS) is 11.5. The van der Waals surface area contributed by atoms with Gasteiger partial charge >= 0.3 is 6.61 Å². The Balaban J connectivity index is 1.92. The lowest BCUT2D eigenvalue weighted by Crippen LogP contribution is -2.27. The second-order valence-electron chi connectivity index (χ2n) is 5.25. The molecule has 25 heavy (non-hydrogen) atoms. The number of benzene rings is 2. The highest BCUT2D eigenvalue weighted by molar-refractivity contribution is 7.88. The zero-order valence-corrected chi connectivity index (χ0v) is 14.4. The van der Waals surface area contributed by atoms with Crippen molar-refractivity contribution in [1.82, 2.24) is 4.72 Å². The lowest BCUT2D eigenvalue weighted by Gasteiger charge is -2.12. The van der Waals surface area contributed by atoms with Crippen molar-refractivity contribution in [2.75, 3.05) is 13.7 Å². The molecular formula is C17H19F2NO4S. The van der Waals surface area contributed by atoms with E-state index >= 15 is 0 Å². The van der Waals surface area contributed by atoms with Gasteiger partial charge in [0, 0.05) is 6.54 Å². The molecule has 0 saturated heterocycles. The van der Waals surface area contributed by atoms with Crippen LogP contribution in [-0.2, 0) is 22.2 Å². The average molecular weight is 371 g/mol. The summed E-state index contributed by atoms with van der Waals surface area (Å²) in [7, 11) is -2.10. The maximum Gasteiger partial charge on any atom is 0.387 e. The average Bonchev–Trinajstić information content (AvgIpc) is 2.56. The van der Waals surface area contributed by atoms with Gasteiger partial charge in [-0.05, 0) is 29.7 Å². The van der Waals surface area contributed by atoms with Gasteiger partial charge in [-0.25, -0.2) is 13.1 Å². The van der Waals surface area contributed by atoms with E-state index in [1.54, 1.807) is 36.4 Å². The number of ether oxygens (including phenoxy) is 2. The summed E-state index contributed by atoms with van der Waals surface area (Å²) in [5.41, 5.74) is 1.44. The van der Waals surface area contributed by atoms with E-state index in [4.69, 9.17) is 4.74 Å². The minimum absolute atomic E-state index is 0.0640. The molecule has 0 spiro atoms. The van der Waals surface area contributed by atoms with E-state index in [0.717, 1.165) is 5.56 Å². The molecule has 5 nitrogen and oxygen atoms in total. The molecule has 2 aromatic rings. The van der Waals surface area contributed by atoms with Crippen molar-refractivity contribution < 1.29 is 26.7 Å².